The lowest BCUT2D eigenvalue weighted by molar-refractivity contribution is -0.145. The van der Waals surface area contributed by atoms with Crippen LogP contribution >= 0.6 is 0 Å². The smallest absolute Gasteiger partial charge is 0.253 e. The minimum atomic E-state index is -0.239. The first-order valence-corrected chi connectivity index (χ1v) is 8.32. The van der Waals surface area contributed by atoms with Gasteiger partial charge in [-0.15, -0.1) is 0 Å². The number of rotatable bonds is 3. The van der Waals surface area contributed by atoms with Crippen molar-refractivity contribution in [2.45, 2.75) is 25.0 Å². The third-order valence-electron chi connectivity index (χ3n) is 4.96. The highest BCUT2D eigenvalue weighted by Crippen LogP contribution is 2.33. The average molecular weight is 327 g/mol. The lowest BCUT2D eigenvalue weighted by atomic mass is 9.89. The first-order valence-electron chi connectivity index (χ1n) is 8.32. The number of hydrogen-bond donors (Lipinski definition) is 0. The van der Waals surface area contributed by atoms with Crippen molar-refractivity contribution in [1.82, 2.24) is 9.88 Å². The molecule has 0 radical (unpaired) electrons. The van der Waals surface area contributed by atoms with E-state index in [-0.39, 0.29) is 18.1 Å². The summed E-state index contributed by atoms with van der Waals surface area (Å²) in [6.45, 7) is 3.58. The number of nitrogens with zero attached hydrogens (tertiary/aromatic N) is 3. The number of anilines is 1. The highest BCUT2D eigenvalue weighted by Gasteiger charge is 2.42. The quantitative estimate of drug-likeness (QED) is 0.864. The molecule has 0 unspecified atom stereocenters. The number of aromatic nitrogens is 1. The molecular formula is C18H21N3O3. The van der Waals surface area contributed by atoms with Crippen molar-refractivity contribution in [3.63, 3.8) is 0 Å². The minimum Gasteiger partial charge on any atom is -0.472 e. The second-order valence-electron chi connectivity index (χ2n) is 6.57. The Balaban J connectivity index is 1.42. The van der Waals surface area contributed by atoms with E-state index in [4.69, 9.17) is 9.15 Å². The number of furan rings is 1. The van der Waals surface area contributed by atoms with Crippen molar-refractivity contribution in [1.29, 1.82) is 0 Å². The van der Waals surface area contributed by atoms with E-state index in [1.54, 1.807) is 24.9 Å². The van der Waals surface area contributed by atoms with Crippen molar-refractivity contribution >= 4 is 11.6 Å². The molecule has 0 aliphatic carbocycles. The molecule has 2 fully saturated rings. The Bertz CT molecular complexity index is 679. The van der Waals surface area contributed by atoms with Crippen LogP contribution in [0.3, 0.4) is 0 Å². The van der Waals surface area contributed by atoms with Gasteiger partial charge in [-0.25, -0.2) is 0 Å². The van der Waals surface area contributed by atoms with Gasteiger partial charge in [-0.05, 0) is 31.0 Å². The van der Waals surface area contributed by atoms with Crippen molar-refractivity contribution in [2.24, 2.45) is 0 Å². The lowest BCUT2D eigenvalue weighted by Gasteiger charge is -2.46. The molecule has 0 N–H and O–H groups in total. The summed E-state index contributed by atoms with van der Waals surface area (Å²) >= 11 is 0. The fourth-order valence-corrected chi connectivity index (χ4v) is 3.53. The molecule has 0 bridgehead atoms. The lowest BCUT2D eigenvalue weighted by Crippen LogP contribution is -2.58. The first-order chi connectivity index (χ1) is 11.7. The Morgan fingerprint density at radius 1 is 1.25 bits per heavy atom. The fraction of sp³-hybridized carbons (Fsp3) is 0.444. The van der Waals surface area contributed by atoms with E-state index in [1.807, 2.05) is 23.1 Å². The number of carbonyl (C=O) groups excluding carboxylic acids is 1. The topological polar surface area (TPSA) is 58.8 Å². The SMILES string of the molecule is O=C1COC2(CCN(Cc3ccoc3)CC2)CN1c1cccnc1. The number of piperidine rings is 1. The molecule has 2 aliphatic heterocycles. The van der Waals surface area contributed by atoms with E-state index in [0.29, 0.717) is 6.54 Å². The highest BCUT2D eigenvalue weighted by atomic mass is 16.5. The van der Waals surface area contributed by atoms with E-state index in [9.17, 15) is 4.79 Å². The molecule has 24 heavy (non-hydrogen) atoms. The molecule has 6 nitrogen and oxygen atoms in total. The van der Waals surface area contributed by atoms with Crippen molar-refractivity contribution in [3.8, 4) is 0 Å². The molecule has 2 aromatic heterocycles. The predicted molar refractivity (Wildman–Crippen MR) is 88.5 cm³/mol. The molecule has 4 heterocycles. The van der Waals surface area contributed by atoms with E-state index in [1.165, 1.54) is 5.56 Å². The van der Waals surface area contributed by atoms with Gasteiger partial charge in [0.1, 0.15) is 6.61 Å². The maximum Gasteiger partial charge on any atom is 0.253 e. The zero-order valence-corrected chi connectivity index (χ0v) is 13.6. The zero-order valence-electron chi connectivity index (χ0n) is 13.6. The van der Waals surface area contributed by atoms with Crippen LogP contribution in [-0.4, -0.2) is 47.6 Å². The van der Waals surface area contributed by atoms with Gasteiger partial charge in [0.25, 0.3) is 5.91 Å². The number of ether oxygens (including phenoxy) is 1. The summed E-state index contributed by atoms with van der Waals surface area (Å²) < 4.78 is 11.1. The van der Waals surface area contributed by atoms with Crippen molar-refractivity contribution < 1.29 is 13.9 Å². The third kappa shape index (κ3) is 3.07. The number of amides is 1. The standard InChI is InChI=1S/C18H21N3O3/c22-17-13-24-18(14-21(17)16-2-1-6-19-10-16)4-7-20(8-5-18)11-15-3-9-23-12-15/h1-3,6,9-10,12H,4-5,7-8,11,13-14H2. The van der Waals surface area contributed by atoms with Gasteiger partial charge in [-0.3, -0.25) is 14.7 Å². The molecule has 0 atom stereocenters. The van der Waals surface area contributed by atoms with Crippen molar-refractivity contribution in [3.05, 3.63) is 48.7 Å². The molecule has 1 amide bonds. The molecule has 1 spiro atoms. The number of carbonyl (C=O) groups is 1. The maximum absolute atomic E-state index is 12.2. The first kappa shape index (κ1) is 15.4. The van der Waals surface area contributed by atoms with Gasteiger partial charge >= 0.3 is 0 Å². The summed E-state index contributed by atoms with van der Waals surface area (Å²) in [7, 11) is 0. The van der Waals surface area contributed by atoms with Crippen LogP contribution in [0.15, 0.2) is 47.5 Å². The summed E-state index contributed by atoms with van der Waals surface area (Å²) in [5, 5.41) is 0. The molecular weight excluding hydrogens is 306 g/mol. The maximum atomic E-state index is 12.2. The number of pyridine rings is 1. The number of hydrogen-bond acceptors (Lipinski definition) is 5. The van der Waals surface area contributed by atoms with Crippen LogP contribution in [0.4, 0.5) is 5.69 Å². The van der Waals surface area contributed by atoms with Gasteiger partial charge in [0, 0.05) is 31.4 Å². The van der Waals surface area contributed by atoms with Crippen LogP contribution in [0.1, 0.15) is 18.4 Å². The Hall–Kier alpha value is -2.18. The number of likely N-dealkylation sites (tertiary alicyclic amines) is 1. The van der Waals surface area contributed by atoms with Crippen LogP contribution in [0.25, 0.3) is 0 Å². The minimum absolute atomic E-state index is 0.00875. The summed E-state index contributed by atoms with van der Waals surface area (Å²) in [5.74, 6) is 0.00875. The van der Waals surface area contributed by atoms with Gasteiger partial charge in [-0.1, -0.05) is 0 Å². The summed E-state index contributed by atoms with van der Waals surface area (Å²) in [4.78, 5) is 20.6. The van der Waals surface area contributed by atoms with Crippen LogP contribution in [0, 0.1) is 0 Å². The summed E-state index contributed by atoms with van der Waals surface area (Å²) in [6.07, 6.45) is 8.82. The number of morpholine rings is 1. The van der Waals surface area contributed by atoms with Crippen LogP contribution in [-0.2, 0) is 16.1 Å². The normalized spacial score (nSPS) is 21.3. The molecule has 126 valence electrons. The van der Waals surface area contributed by atoms with Crippen LogP contribution in [0.2, 0.25) is 0 Å². The Morgan fingerprint density at radius 3 is 2.83 bits per heavy atom. The Labute approximate surface area is 141 Å². The second-order valence-corrected chi connectivity index (χ2v) is 6.57. The monoisotopic (exact) mass is 327 g/mol. The highest BCUT2D eigenvalue weighted by molar-refractivity contribution is 5.95. The molecule has 2 aliphatic rings. The largest absolute Gasteiger partial charge is 0.472 e. The van der Waals surface area contributed by atoms with Crippen molar-refractivity contribution in [2.75, 3.05) is 31.1 Å². The van der Waals surface area contributed by atoms with E-state index < -0.39 is 0 Å². The second kappa shape index (κ2) is 6.37. The van der Waals surface area contributed by atoms with Gasteiger partial charge in [0.15, 0.2) is 0 Å². The molecule has 4 rings (SSSR count). The average Bonchev–Trinajstić information content (AvgIpc) is 3.13. The fourth-order valence-electron chi connectivity index (χ4n) is 3.53. The van der Waals surface area contributed by atoms with Gasteiger partial charge < -0.3 is 14.1 Å². The third-order valence-corrected chi connectivity index (χ3v) is 4.96. The Morgan fingerprint density at radius 2 is 2.12 bits per heavy atom. The van der Waals surface area contributed by atoms with Gasteiger partial charge in [0.2, 0.25) is 0 Å². The molecule has 0 aromatic carbocycles. The van der Waals surface area contributed by atoms with Gasteiger partial charge in [-0.2, -0.15) is 0 Å². The van der Waals surface area contributed by atoms with E-state index >= 15 is 0 Å². The Kier molecular flexibility index (Phi) is 4.08. The molecule has 2 aromatic rings. The predicted octanol–water partition coefficient (Wildman–Crippen LogP) is 2.07. The summed E-state index contributed by atoms with van der Waals surface area (Å²) in [6, 6.07) is 5.79. The summed E-state index contributed by atoms with van der Waals surface area (Å²) in [5.41, 5.74) is 1.81. The van der Waals surface area contributed by atoms with Gasteiger partial charge in [0.05, 0.1) is 36.6 Å². The molecule has 0 saturated carbocycles. The van der Waals surface area contributed by atoms with Crippen LogP contribution in [0.5, 0.6) is 0 Å². The zero-order chi connectivity index (χ0) is 16.4. The van der Waals surface area contributed by atoms with E-state index in [0.717, 1.165) is 38.2 Å². The molecule has 6 heteroatoms. The van der Waals surface area contributed by atoms with Crippen LogP contribution < -0.4 is 4.90 Å². The van der Waals surface area contributed by atoms with E-state index in [2.05, 4.69) is 9.88 Å². The molecule has 2 saturated heterocycles.